The zero-order valence-corrected chi connectivity index (χ0v) is 15.3. The standard InChI is InChI=1S/C18H18ClF2N3O3/c1-11-9-23(6-7-24(11)18(25)26)16-5-4-14(20)17(22-16)27-10-12-2-3-13(19)8-15(12)21/h2-5,8,11H,6-7,9-10H2,1H3,(H,25,26)/t11-/m0/s1. The zero-order valence-electron chi connectivity index (χ0n) is 14.5. The summed E-state index contributed by atoms with van der Waals surface area (Å²) in [4.78, 5) is 18.5. The van der Waals surface area contributed by atoms with Gasteiger partial charge in [0.05, 0.1) is 0 Å². The van der Waals surface area contributed by atoms with Gasteiger partial charge in [-0.05, 0) is 31.2 Å². The Morgan fingerprint density at radius 2 is 2.07 bits per heavy atom. The lowest BCUT2D eigenvalue weighted by molar-refractivity contribution is 0.122. The van der Waals surface area contributed by atoms with E-state index < -0.39 is 17.7 Å². The third kappa shape index (κ3) is 4.39. The number of anilines is 1. The van der Waals surface area contributed by atoms with E-state index in [1.807, 2.05) is 4.90 Å². The molecule has 0 bridgehead atoms. The Labute approximate surface area is 159 Å². The van der Waals surface area contributed by atoms with Gasteiger partial charge in [0, 0.05) is 36.3 Å². The second-order valence-electron chi connectivity index (χ2n) is 6.25. The normalized spacial score (nSPS) is 17.1. The number of rotatable bonds is 4. The molecule has 0 unspecified atom stereocenters. The van der Waals surface area contributed by atoms with Gasteiger partial charge in [-0.1, -0.05) is 17.7 Å². The quantitative estimate of drug-likeness (QED) is 0.850. The number of ether oxygens (including phenoxy) is 1. The van der Waals surface area contributed by atoms with Gasteiger partial charge in [0.2, 0.25) is 0 Å². The molecule has 1 N–H and O–H groups in total. The van der Waals surface area contributed by atoms with Crippen LogP contribution in [0, 0.1) is 11.6 Å². The van der Waals surface area contributed by atoms with Gasteiger partial charge in [0.1, 0.15) is 18.2 Å². The Hall–Kier alpha value is -2.61. The number of pyridine rings is 1. The van der Waals surface area contributed by atoms with Crippen LogP contribution in [0.3, 0.4) is 0 Å². The number of hydrogen-bond acceptors (Lipinski definition) is 4. The maximum Gasteiger partial charge on any atom is 0.407 e. The summed E-state index contributed by atoms with van der Waals surface area (Å²) in [6, 6.07) is 6.65. The van der Waals surface area contributed by atoms with E-state index in [1.165, 1.54) is 29.2 Å². The zero-order chi connectivity index (χ0) is 19.6. The number of nitrogens with zero attached hydrogens (tertiary/aromatic N) is 3. The van der Waals surface area contributed by atoms with Crippen LogP contribution in [0.25, 0.3) is 0 Å². The van der Waals surface area contributed by atoms with Crippen molar-refractivity contribution in [1.29, 1.82) is 0 Å². The van der Waals surface area contributed by atoms with Crippen molar-refractivity contribution >= 4 is 23.5 Å². The molecule has 1 aromatic heterocycles. The van der Waals surface area contributed by atoms with Gasteiger partial charge in [-0.15, -0.1) is 0 Å². The third-order valence-electron chi connectivity index (χ3n) is 4.38. The first-order valence-corrected chi connectivity index (χ1v) is 8.70. The first kappa shape index (κ1) is 19.2. The summed E-state index contributed by atoms with van der Waals surface area (Å²) >= 11 is 5.71. The average Bonchev–Trinajstić information content (AvgIpc) is 2.62. The number of piperazine rings is 1. The van der Waals surface area contributed by atoms with E-state index in [-0.39, 0.29) is 29.1 Å². The molecule has 0 spiro atoms. The Kier molecular flexibility index (Phi) is 5.65. The molecule has 1 aromatic carbocycles. The fourth-order valence-corrected chi connectivity index (χ4v) is 3.08. The van der Waals surface area contributed by atoms with Crippen LogP contribution in [-0.2, 0) is 6.61 Å². The molecule has 27 heavy (non-hydrogen) atoms. The predicted molar refractivity (Wildman–Crippen MR) is 96.3 cm³/mol. The summed E-state index contributed by atoms with van der Waals surface area (Å²) in [5, 5.41) is 9.41. The summed E-state index contributed by atoms with van der Waals surface area (Å²) in [7, 11) is 0. The number of amides is 1. The first-order chi connectivity index (χ1) is 12.8. The summed E-state index contributed by atoms with van der Waals surface area (Å²) in [5.74, 6) is -0.974. The van der Waals surface area contributed by atoms with Crippen LogP contribution in [0.1, 0.15) is 12.5 Å². The van der Waals surface area contributed by atoms with Crippen molar-refractivity contribution in [2.24, 2.45) is 0 Å². The molecule has 1 amide bonds. The van der Waals surface area contributed by atoms with Crippen LogP contribution >= 0.6 is 11.6 Å². The van der Waals surface area contributed by atoms with E-state index in [9.17, 15) is 13.6 Å². The largest absolute Gasteiger partial charge is 0.471 e. The third-order valence-corrected chi connectivity index (χ3v) is 4.61. The molecule has 1 aliphatic rings. The van der Waals surface area contributed by atoms with Crippen molar-refractivity contribution in [2.45, 2.75) is 19.6 Å². The highest BCUT2D eigenvalue weighted by molar-refractivity contribution is 6.30. The first-order valence-electron chi connectivity index (χ1n) is 8.33. The average molecular weight is 398 g/mol. The van der Waals surface area contributed by atoms with E-state index in [2.05, 4.69) is 4.98 Å². The minimum atomic E-state index is -0.969. The highest BCUT2D eigenvalue weighted by atomic mass is 35.5. The van der Waals surface area contributed by atoms with E-state index >= 15 is 0 Å². The van der Waals surface area contributed by atoms with E-state index in [0.29, 0.717) is 25.5 Å². The Morgan fingerprint density at radius 3 is 2.74 bits per heavy atom. The Balaban J connectivity index is 1.72. The maximum absolute atomic E-state index is 14.0. The second-order valence-corrected chi connectivity index (χ2v) is 6.69. The van der Waals surface area contributed by atoms with Crippen LogP contribution in [0.5, 0.6) is 5.88 Å². The number of carbonyl (C=O) groups is 1. The lowest BCUT2D eigenvalue weighted by Crippen LogP contribution is -2.53. The minimum Gasteiger partial charge on any atom is -0.471 e. The van der Waals surface area contributed by atoms with Crippen LogP contribution < -0.4 is 9.64 Å². The lowest BCUT2D eigenvalue weighted by Gasteiger charge is -2.38. The SMILES string of the molecule is C[C@H]1CN(c2ccc(F)c(OCc3ccc(Cl)cc3F)n2)CCN1C(=O)O. The molecule has 0 aliphatic carbocycles. The predicted octanol–water partition coefficient (Wildman–Crippen LogP) is 3.78. The maximum atomic E-state index is 14.0. The topological polar surface area (TPSA) is 65.9 Å². The van der Waals surface area contributed by atoms with Gasteiger partial charge in [-0.3, -0.25) is 0 Å². The molecule has 1 atom stereocenters. The molecule has 1 fully saturated rings. The van der Waals surface area contributed by atoms with Gasteiger partial charge in [0.15, 0.2) is 5.82 Å². The van der Waals surface area contributed by atoms with Gasteiger partial charge < -0.3 is 19.6 Å². The van der Waals surface area contributed by atoms with Crippen molar-refractivity contribution in [2.75, 3.05) is 24.5 Å². The summed E-state index contributed by atoms with van der Waals surface area (Å²) in [6.07, 6.45) is -0.969. The highest BCUT2D eigenvalue weighted by Gasteiger charge is 2.28. The van der Waals surface area contributed by atoms with Gasteiger partial charge >= 0.3 is 6.09 Å². The fraction of sp³-hybridized carbons (Fsp3) is 0.333. The summed E-state index contributed by atoms with van der Waals surface area (Å²) in [5.41, 5.74) is 0.231. The van der Waals surface area contributed by atoms with Gasteiger partial charge in [0.25, 0.3) is 5.88 Å². The smallest absolute Gasteiger partial charge is 0.407 e. The number of halogens is 3. The summed E-state index contributed by atoms with van der Waals surface area (Å²) in [6.45, 7) is 2.78. The van der Waals surface area contributed by atoms with Crippen molar-refractivity contribution in [1.82, 2.24) is 9.88 Å². The molecular formula is C18H18ClF2N3O3. The number of hydrogen-bond donors (Lipinski definition) is 1. The molecule has 3 rings (SSSR count). The monoisotopic (exact) mass is 397 g/mol. The molecule has 0 saturated carbocycles. The lowest BCUT2D eigenvalue weighted by atomic mass is 10.2. The number of carboxylic acid groups (broad SMARTS) is 1. The molecule has 1 saturated heterocycles. The van der Waals surface area contributed by atoms with E-state index in [4.69, 9.17) is 21.4 Å². The van der Waals surface area contributed by atoms with E-state index in [0.717, 1.165) is 6.07 Å². The Bertz CT molecular complexity index is 853. The van der Waals surface area contributed by atoms with Crippen LogP contribution in [-0.4, -0.2) is 46.8 Å². The Morgan fingerprint density at radius 1 is 1.30 bits per heavy atom. The van der Waals surface area contributed by atoms with Crippen LogP contribution in [0.2, 0.25) is 5.02 Å². The second kappa shape index (κ2) is 7.96. The highest BCUT2D eigenvalue weighted by Crippen LogP contribution is 2.24. The minimum absolute atomic E-state index is 0.195. The molecule has 0 radical (unpaired) electrons. The van der Waals surface area contributed by atoms with Crippen molar-refractivity contribution < 1.29 is 23.4 Å². The van der Waals surface area contributed by atoms with Gasteiger partial charge in [-0.2, -0.15) is 4.98 Å². The fourth-order valence-electron chi connectivity index (χ4n) is 2.93. The van der Waals surface area contributed by atoms with Crippen LogP contribution in [0.15, 0.2) is 30.3 Å². The van der Waals surface area contributed by atoms with Crippen molar-refractivity contribution in [3.8, 4) is 5.88 Å². The molecule has 2 aromatic rings. The molecule has 144 valence electrons. The number of benzene rings is 1. The van der Waals surface area contributed by atoms with Crippen LogP contribution in [0.4, 0.5) is 19.4 Å². The van der Waals surface area contributed by atoms with Gasteiger partial charge in [-0.25, -0.2) is 13.6 Å². The molecule has 2 heterocycles. The molecule has 9 heteroatoms. The molecule has 6 nitrogen and oxygen atoms in total. The molecule has 1 aliphatic heterocycles. The summed E-state index contributed by atoms with van der Waals surface area (Å²) < 4.78 is 33.2. The van der Waals surface area contributed by atoms with Crippen molar-refractivity contribution in [3.63, 3.8) is 0 Å². The molecular weight excluding hydrogens is 380 g/mol. The number of aromatic nitrogens is 1. The van der Waals surface area contributed by atoms with E-state index in [1.54, 1.807) is 6.92 Å². The van der Waals surface area contributed by atoms with Crippen molar-refractivity contribution in [3.05, 3.63) is 52.6 Å².